The van der Waals surface area contributed by atoms with Crippen molar-refractivity contribution in [3.8, 4) is 5.75 Å². The minimum Gasteiger partial charge on any atom is -0.485 e. The van der Waals surface area contributed by atoms with E-state index in [1.54, 1.807) is 12.4 Å². The molecule has 1 aliphatic rings. The van der Waals surface area contributed by atoms with E-state index in [-0.39, 0.29) is 36.3 Å². The van der Waals surface area contributed by atoms with E-state index >= 15 is 0 Å². The van der Waals surface area contributed by atoms with Crippen molar-refractivity contribution in [2.24, 2.45) is 0 Å². The number of hydrogen-bond acceptors (Lipinski definition) is 8. The zero-order valence-electron chi connectivity index (χ0n) is 18.0. The highest BCUT2D eigenvalue weighted by molar-refractivity contribution is 7.09. The molecule has 0 unspecified atom stereocenters. The monoisotopic (exact) mass is 462 g/mol. The Bertz CT molecular complexity index is 1160. The number of rotatable bonds is 6. The van der Waals surface area contributed by atoms with Crippen LogP contribution in [0.2, 0.25) is 0 Å². The molecule has 0 atom stereocenters. The molecule has 3 aromatic rings. The van der Waals surface area contributed by atoms with Crippen molar-refractivity contribution in [3.63, 3.8) is 0 Å². The summed E-state index contributed by atoms with van der Waals surface area (Å²) in [5.74, 6) is -1.34. The molecule has 0 aliphatic carbocycles. The van der Waals surface area contributed by atoms with Gasteiger partial charge >= 0.3 is 5.97 Å². The zero-order valence-corrected chi connectivity index (χ0v) is 18.8. The number of methoxy groups -OCH3 is 1. The van der Waals surface area contributed by atoms with Gasteiger partial charge in [-0.3, -0.25) is 4.79 Å². The molecule has 170 valence electrons. The molecule has 10 heteroatoms. The molecule has 0 saturated carbocycles. The molecule has 0 radical (unpaired) electrons. The molecule has 32 heavy (non-hydrogen) atoms. The van der Waals surface area contributed by atoms with Crippen LogP contribution in [0.4, 0.5) is 4.39 Å². The van der Waals surface area contributed by atoms with Crippen molar-refractivity contribution in [1.29, 1.82) is 0 Å². The number of carbonyl (C=O) groups is 2. The number of halogens is 1. The summed E-state index contributed by atoms with van der Waals surface area (Å²) < 4.78 is 36.2. The number of ether oxygens (including phenoxy) is 3. The van der Waals surface area contributed by atoms with Crippen LogP contribution in [0, 0.1) is 19.7 Å². The first-order chi connectivity index (χ1) is 15.3. The lowest BCUT2D eigenvalue weighted by molar-refractivity contribution is -0.152. The quantitative estimate of drug-likeness (QED) is 0.558. The molecule has 1 saturated heterocycles. The summed E-state index contributed by atoms with van der Waals surface area (Å²) in [7, 11) is 1.28. The number of esters is 1. The first-order valence-corrected chi connectivity index (χ1v) is 11.0. The SMILES string of the molecule is COC(=O)C1(NC(=O)c2c(C)oc3cc(F)c(OCc4scnc4C)cc23)CCOCC1. The van der Waals surface area contributed by atoms with Gasteiger partial charge in [0, 0.05) is 37.5 Å². The lowest BCUT2D eigenvalue weighted by Crippen LogP contribution is -2.58. The van der Waals surface area contributed by atoms with E-state index in [1.807, 2.05) is 6.92 Å². The molecule has 1 fully saturated rings. The summed E-state index contributed by atoms with van der Waals surface area (Å²) >= 11 is 1.42. The molecule has 1 N–H and O–H groups in total. The van der Waals surface area contributed by atoms with Gasteiger partial charge in [0.15, 0.2) is 11.6 Å². The van der Waals surface area contributed by atoms with Crippen molar-refractivity contribution in [2.45, 2.75) is 38.8 Å². The van der Waals surface area contributed by atoms with Crippen LogP contribution in [-0.2, 0) is 20.9 Å². The van der Waals surface area contributed by atoms with Crippen LogP contribution in [-0.4, -0.2) is 42.7 Å². The van der Waals surface area contributed by atoms with E-state index in [0.717, 1.165) is 10.6 Å². The Labute approximate surface area is 187 Å². The van der Waals surface area contributed by atoms with Crippen molar-refractivity contribution in [3.05, 3.63) is 45.4 Å². The normalized spacial score (nSPS) is 15.5. The zero-order chi connectivity index (χ0) is 22.9. The number of carbonyl (C=O) groups excluding carboxylic acids is 2. The van der Waals surface area contributed by atoms with Crippen LogP contribution >= 0.6 is 11.3 Å². The van der Waals surface area contributed by atoms with E-state index < -0.39 is 23.2 Å². The highest BCUT2D eigenvalue weighted by Gasteiger charge is 2.43. The number of aryl methyl sites for hydroxylation is 2. The fraction of sp³-hybridized carbons (Fsp3) is 0.409. The lowest BCUT2D eigenvalue weighted by Gasteiger charge is -2.35. The topological polar surface area (TPSA) is 99.9 Å². The van der Waals surface area contributed by atoms with E-state index in [9.17, 15) is 14.0 Å². The molecule has 1 aliphatic heterocycles. The van der Waals surface area contributed by atoms with Crippen LogP contribution in [0.25, 0.3) is 11.0 Å². The second-order valence-corrected chi connectivity index (χ2v) is 8.54. The summed E-state index contributed by atoms with van der Waals surface area (Å²) in [6.45, 7) is 4.26. The van der Waals surface area contributed by atoms with Gasteiger partial charge in [0.1, 0.15) is 23.5 Å². The summed E-state index contributed by atoms with van der Waals surface area (Å²) in [6.07, 6.45) is 0.578. The number of fused-ring (bicyclic) bond motifs is 1. The van der Waals surface area contributed by atoms with Crippen LogP contribution in [0.1, 0.15) is 39.5 Å². The Kier molecular flexibility index (Phi) is 6.16. The van der Waals surface area contributed by atoms with Crippen LogP contribution in [0.3, 0.4) is 0 Å². The number of furan rings is 1. The van der Waals surface area contributed by atoms with Gasteiger partial charge in [-0.15, -0.1) is 11.3 Å². The number of nitrogens with one attached hydrogen (secondary N) is 1. The third kappa shape index (κ3) is 4.07. The smallest absolute Gasteiger partial charge is 0.331 e. The van der Waals surface area contributed by atoms with E-state index in [4.69, 9.17) is 18.6 Å². The van der Waals surface area contributed by atoms with Crippen molar-refractivity contribution in [1.82, 2.24) is 10.3 Å². The lowest BCUT2D eigenvalue weighted by atomic mass is 9.89. The minimum absolute atomic E-state index is 0.00565. The Hall–Kier alpha value is -2.98. The van der Waals surface area contributed by atoms with Crippen molar-refractivity contribution in [2.75, 3.05) is 20.3 Å². The summed E-state index contributed by atoms with van der Waals surface area (Å²) in [5, 5.41) is 3.21. The molecular weight excluding hydrogens is 439 g/mol. The van der Waals surface area contributed by atoms with Crippen molar-refractivity contribution < 1.29 is 32.6 Å². The fourth-order valence-electron chi connectivity index (χ4n) is 3.80. The maximum Gasteiger partial charge on any atom is 0.331 e. The molecule has 1 amide bonds. The number of nitrogens with zero attached hydrogens (tertiary/aromatic N) is 1. The number of amides is 1. The number of benzene rings is 1. The minimum atomic E-state index is -1.19. The van der Waals surface area contributed by atoms with Crippen LogP contribution in [0.15, 0.2) is 22.1 Å². The van der Waals surface area contributed by atoms with Crippen LogP contribution in [0.5, 0.6) is 5.75 Å². The van der Waals surface area contributed by atoms with Crippen molar-refractivity contribution >= 4 is 34.2 Å². The highest BCUT2D eigenvalue weighted by Crippen LogP contribution is 2.33. The molecule has 0 bridgehead atoms. The second kappa shape index (κ2) is 8.87. The Morgan fingerprint density at radius 1 is 1.28 bits per heavy atom. The average Bonchev–Trinajstić information content (AvgIpc) is 3.33. The Morgan fingerprint density at radius 2 is 2.03 bits per heavy atom. The summed E-state index contributed by atoms with van der Waals surface area (Å²) in [6, 6.07) is 2.64. The third-order valence-corrected chi connectivity index (χ3v) is 6.53. The van der Waals surface area contributed by atoms with Gasteiger partial charge < -0.3 is 23.9 Å². The first kappa shape index (κ1) is 22.2. The Balaban J connectivity index is 1.65. The largest absolute Gasteiger partial charge is 0.485 e. The molecule has 8 nitrogen and oxygen atoms in total. The van der Waals surface area contributed by atoms with Gasteiger partial charge in [-0.2, -0.15) is 0 Å². The molecule has 2 aromatic heterocycles. The molecule has 0 spiro atoms. The number of aromatic nitrogens is 1. The van der Waals surface area contributed by atoms with Crippen LogP contribution < -0.4 is 10.1 Å². The number of hydrogen-bond donors (Lipinski definition) is 1. The van der Waals surface area contributed by atoms with Gasteiger partial charge in [-0.05, 0) is 19.9 Å². The predicted molar refractivity (Wildman–Crippen MR) is 114 cm³/mol. The van der Waals surface area contributed by atoms with Gasteiger partial charge in [0.05, 0.1) is 28.8 Å². The van der Waals surface area contributed by atoms with Gasteiger partial charge in [0.25, 0.3) is 5.91 Å². The van der Waals surface area contributed by atoms with E-state index in [1.165, 1.54) is 30.6 Å². The average molecular weight is 462 g/mol. The second-order valence-electron chi connectivity index (χ2n) is 7.60. The standard InChI is InChI=1S/C22H23FN2O6S/c1-12-18(32-11-24-12)10-30-17-8-14-16(9-15(17)23)31-13(2)19(14)20(26)25-22(21(27)28-3)4-6-29-7-5-22/h8-9,11H,4-7,10H2,1-3H3,(H,25,26). The third-order valence-electron chi connectivity index (χ3n) is 5.62. The predicted octanol–water partition coefficient (Wildman–Crippen LogP) is 3.68. The Morgan fingerprint density at radius 3 is 2.69 bits per heavy atom. The molecule has 4 rings (SSSR count). The number of thiazole rings is 1. The molecule has 3 heterocycles. The highest BCUT2D eigenvalue weighted by atomic mass is 32.1. The van der Waals surface area contributed by atoms with Gasteiger partial charge in [0.2, 0.25) is 0 Å². The summed E-state index contributed by atoms with van der Waals surface area (Å²) in [5.41, 5.74) is 1.76. The molecular formula is C22H23FN2O6S. The van der Waals surface area contributed by atoms with E-state index in [0.29, 0.717) is 24.4 Å². The summed E-state index contributed by atoms with van der Waals surface area (Å²) in [4.78, 5) is 30.8. The maximum absolute atomic E-state index is 14.6. The van der Waals surface area contributed by atoms with E-state index in [2.05, 4.69) is 10.3 Å². The van der Waals surface area contributed by atoms with Gasteiger partial charge in [-0.25, -0.2) is 14.2 Å². The fourth-order valence-corrected chi connectivity index (χ4v) is 4.48. The van der Waals surface area contributed by atoms with Gasteiger partial charge in [-0.1, -0.05) is 0 Å². The molecule has 1 aromatic carbocycles. The first-order valence-electron chi connectivity index (χ1n) is 10.1. The maximum atomic E-state index is 14.6.